The Morgan fingerprint density at radius 2 is 2.05 bits per heavy atom. The highest BCUT2D eigenvalue weighted by Crippen LogP contribution is 2.31. The zero-order chi connectivity index (χ0) is 15.4. The van der Waals surface area contributed by atoms with Gasteiger partial charge < -0.3 is 9.84 Å². The Hall–Kier alpha value is -2.89. The maximum atomic E-state index is 12.0. The molecule has 2 aromatic rings. The Bertz CT molecular complexity index is 711. The molecular weight excluding hydrogens is 272 g/mol. The molecule has 0 saturated heterocycles. The molecule has 0 fully saturated rings. The zero-order valence-corrected chi connectivity index (χ0v) is 11.6. The van der Waals surface area contributed by atoms with E-state index in [1.54, 1.807) is 6.07 Å². The lowest BCUT2D eigenvalue weighted by atomic mass is 10.1. The second kappa shape index (κ2) is 6.04. The topological polar surface area (TPSA) is 87.8 Å². The van der Waals surface area contributed by atoms with Gasteiger partial charge in [-0.25, -0.2) is 0 Å². The van der Waals surface area contributed by atoms with Crippen molar-refractivity contribution in [2.75, 3.05) is 7.11 Å². The molecule has 0 unspecified atom stereocenters. The number of aryl methyl sites for hydroxylation is 1. The van der Waals surface area contributed by atoms with Gasteiger partial charge in [-0.05, 0) is 30.2 Å². The number of nitrogens with zero attached hydrogens (tertiary/aromatic N) is 2. The van der Waals surface area contributed by atoms with Crippen LogP contribution in [-0.4, -0.2) is 18.2 Å². The van der Waals surface area contributed by atoms with Crippen molar-refractivity contribution in [3.05, 3.63) is 57.6 Å². The minimum Gasteiger partial charge on any atom is -0.870 e. The van der Waals surface area contributed by atoms with Gasteiger partial charge in [0.2, 0.25) is 0 Å². The highest BCUT2D eigenvalue weighted by atomic mass is 16.6. The molecule has 0 heterocycles. The maximum absolute atomic E-state index is 12.0. The third-order valence-corrected chi connectivity index (χ3v) is 2.85. The van der Waals surface area contributed by atoms with Gasteiger partial charge in [0, 0.05) is 12.3 Å². The van der Waals surface area contributed by atoms with Gasteiger partial charge in [0.1, 0.15) is 5.75 Å². The summed E-state index contributed by atoms with van der Waals surface area (Å²) in [7, 11) is 1.29. The first kappa shape index (κ1) is 14.5. The van der Waals surface area contributed by atoms with E-state index in [1.165, 1.54) is 19.4 Å². The van der Waals surface area contributed by atoms with Crippen LogP contribution in [0.1, 0.15) is 11.1 Å². The number of nitro groups is 1. The highest BCUT2D eigenvalue weighted by molar-refractivity contribution is 5.87. The summed E-state index contributed by atoms with van der Waals surface area (Å²) in [5.41, 5.74) is 1.60. The van der Waals surface area contributed by atoms with Crippen LogP contribution in [0.5, 0.6) is 11.5 Å². The molecule has 2 rings (SSSR count). The lowest BCUT2D eigenvalue weighted by Gasteiger charge is -2.14. The number of benzene rings is 2. The summed E-state index contributed by atoms with van der Waals surface area (Å²) in [6.45, 7) is 1.93. The molecule has 0 atom stereocenters. The molecule has 0 spiro atoms. The molecule has 0 bridgehead atoms. The van der Waals surface area contributed by atoms with Gasteiger partial charge in [-0.3, -0.25) is 15.1 Å². The van der Waals surface area contributed by atoms with Crippen molar-refractivity contribution in [1.29, 1.82) is 0 Å². The van der Waals surface area contributed by atoms with E-state index in [1.807, 2.05) is 25.1 Å². The van der Waals surface area contributed by atoms with Crippen molar-refractivity contribution in [3.63, 3.8) is 0 Å². The van der Waals surface area contributed by atoms with Crippen molar-refractivity contribution in [3.8, 4) is 11.5 Å². The fraction of sp³-hybridized carbons (Fsp3) is 0.133. The van der Waals surface area contributed by atoms with Gasteiger partial charge >= 0.3 is 0 Å². The van der Waals surface area contributed by atoms with E-state index in [4.69, 9.17) is 4.74 Å². The molecule has 21 heavy (non-hydrogen) atoms. The molecule has 0 amide bonds. The first-order valence-corrected chi connectivity index (χ1v) is 6.15. The Kier molecular flexibility index (Phi) is 4.18. The largest absolute Gasteiger partial charge is 0.870 e. The van der Waals surface area contributed by atoms with Crippen molar-refractivity contribution in [2.45, 2.75) is 6.92 Å². The van der Waals surface area contributed by atoms with Crippen LogP contribution in [0.4, 0.5) is 11.4 Å². The highest BCUT2D eigenvalue weighted by Gasteiger charge is 2.11. The molecule has 6 nitrogen and oxygen atoms in total. The van der Waals surface area contributed by atoms with Crippen LogP contribution in [0.25, 0.3) is 0 Å². The van der Waals surface area contributed by atoms with Gasteiger partial charge in [0.05, 0.1) is 23.8 Å². The van der Waals surface area contributed by atoms with E-state index in [-0.39, 0.29) is 17.0 Å². The second-order valence-electron chi connectivity index (χ2n) is 4.42. The van der Waals surface area contributed by atoms with E-state index >= 15 is 0 Å². The summed E-state index contributed by atoms with van der Waals surface area (Å²) in [6, 6.07) is 9.68. The SMILES string of the molecule is COc1cc([N+](=O)[O-])cc(C=Nc2cccc(C)c2)c1[O-]. The summed E-state index contributed by atoms with van der Waals surface area (Å²) in [5, 5.41) is 22.9. The van der Waals surface area contributed by atoms with E-state index in [2.05, 4.69) is 4.99 Å². The molecule has 0 aromatic heterocycles. The number of methoxy groups -OCH3 is 1. The van der Waals surface area contributed by atoms with Crippen LogP contribution in [0.3, 0.4) is 0 Å². The van der Waals surface area contributed by atoms with Crippen LogP contribution < -0.4 is 9.84 Å². The molecule has 0 aliphatic rings. The Morgan fingerprint density at radius 1 is 1.29 bits per heavy atom. The van der Waals surface area contributed by atoms with Gasteiger partial charge in [-0.1, -0.05) is 17.9 Å². The summed E-state index contributed by atoms with van der Waals surface area (Å²) >= 11 is 0. The standard InChI is InChI=1S/C15H14N2O4/c1-10-4-3-5-12(6-10)16-9-11-7-13(17(19)20)8-14(21-2)15(11)18/h3-9,18H,1-2H3/p-1. The van der Waals surface area contributed by atoms with Gasteiger partial charge in [-0.2, -0.15) is 0 Å². The summed E-state index contributed by atoms with van der Waals surface area (Å²) in [4.78, 5) is 14.4. The molecule has 108 valence electrons. The van der Waals surface area contributed by atoms with Crippen molar-refractivity contribution < 1.29 is 14.8 Å². The normalized spacial score (nSPS) is 10.8. The Morgan fingerprint density at radius 3 is 2.67 bits per heavy atom. The van der Waals surface area contributed by atoms with Crippen LogP contribution in [0.15, 0.2) is 41.4 Å². The molecule has 6 heteroatoms. The summed E-state index contributed by atoms with van der Waals surface area (Å²) < 4.78 is 4.87. The second-order valence-corrected chi connectivity index (χ2v) is 4.42. The number of nitro benzene ring substituents is 1. The average molecular weight is 285 g/mol. The number of hydrogen-bond acceptors (Lipinski definition) is 5. The van der Waals surface area contributed by atoms with E-state index in [0.717, 1.165) is 11.6 Å². The van der Waals surface area contributed by atoms with Crippen molar-refractivity contribution >= 4 is 17.6 Å². The number of rotatable bonds is 4. The Labute approximate surface area is 121 Å². The van der Waals surface area contributed by atoms with E-state index < -0.39 is 10.7 Å². The molecule has 2 aromatic carbocycles. The minimum absolute atomic E-state index is 0.0742. The first-order chi connectivity index (χ1) is 10.0. The number of aliphatic imine (C=N–C) groups is 1. The smallest absolute Gasteiger partial charge is 0.273 e. The van der Waals surface area contributed by atoms with Crippen LogP contribution >= 0.6 is 0 Å². The van der Waals surface area contributed by atoms with E-state index in [9.17, 15) is 15.2 Å². The molecular formula is C15H13N2O4-. The fourth-order valence-electron chi connectivity index (χ4n) is 1.81. The van der Waals surface area contributed by atoms with Gasteiger partial charge in [0.25, 0.3) is 5.69 Å². The number of non-ortho nitro benzene ring substituents is 1. The number of hydrogen-bond donors (Lipinski definition) is 0. The van der Waals surface area contributed by atoms with Crippen molar-refractivity contribution in [2.24, 2.45) is 4.99 Å². The van der Waals surface area contributed by atoms with Crippen LogP contribution in [0.2, 0.25) is 0 Å². The maximum Gasteiger partial charge on any atom is 0.273 e. The molecule has 0 saturated carbocycles. The van der Waals surface area contributed by atoms with Gasteiger partial charge in [-0.15, -0.1) is 0 Å². The third-order valence-electron chi connectivity index (χ3n) is 2.85. The predicted molar refractivity (Wildman–Crippen MR) is 77.5 cm³/mol. The monoisotopic (exact) mass is 285 g/mol. The van der Waals surface area contributed by atoms with Crippen LogP contribution in [0, 0.1) is 17.0 Å². The first-order valence-electron chi connectivity index (χ1n) is 6.15. The summed E-state index contributed by atoms with van der Waals surface area (Å²) in [5.74, 6) is -0.505. The molecule has 0 aliphatic heterocycles. The van der Waals surface area contributed by atoms with Crippen molar-refractivity contribution in [1.82, 2.24) is 0 Å². The third kappa shape index (κ3) is 3.36. The quantitative estimate of drug-likeness (QED) is 0.491. The van der Waals surface area contributed by atoms with Crippen LogP contribution in [-0.2, 0) is 0 Å². The molecule has 0 radical (unpaired) electrons. The zero-order valence-electron chi connectivity index (χ0n) is 11.6. The predicted octanol–water partition coefficient (Wildman–Crippen LogP) is 2.74. The van der Waals surface area contributed by atoms with E-state index in [0.29, 0.717) is 5.69 Å². The Balaban J connectivity index is 2.43. The van der Waals surface area contributed by atoms with Gasteiger partial charge in [0.15, 0.2) is 0 Å². The number of ether oxygens (including phenoxy) is 1. The molecule has 0 N–H and O–H groups in total. The minimum atomic E-state index is -0.577. The molecule has 0 aliphatic carbocycles. The lowest BCUT2D eigenvalue weighted by molar-refractivity contribution is -0.385. The summed E-state index contributed by atoms with van der Waals surface area (Å²) in [6.07, 6.45) is 1.31. The average Bonchev–Trinajstić information content (AvgIpc) is 2.46. The lowest BCUT2D eigenvalue weighted by Crippen LogP contribution is -2.02. The fourth-order valence-corrected chi connectivity index (χ4v) is 1.81.